The van der Waals surface area contributed by atoms with Gasteiger partial charge in [-0.3, -0.25) is 9.51 Å². The summed E-state index contributed by atoms with van der Waals surface area (Å²) in [6, 6.07) is 7.40. The first kappa shape index (κ1) is 21.6. The molecule has 10 nitrogen and oxygen atoms in total. The Balaban J connectivity index is 1.73. The van der Waals surface area contributed by atoms with Crippen molar-refractivity contribution in [1.29, 1.82) is 0 Å². The first-order valence-corrected chi connectivity index (χ1v) is 11.5. The Morgan fingerprint density at radius 1 is 1.21 bits per heavy atom. The van der Waals surface area contributed by atoms with Crippen molar-refractivity contribution in [3.63, 3.8) is 0 Å². The molecule has 1 fully saturated rings. The van der Waals surface area contributed by atoms with E-state index in [1.165, 1.54) is 19.3 Å². The predicted octanol–water partition coefficient (Wildman–Crippen LogP) is 3.47. The molecule has 0 aliphatic heterocycles. The molecule has 172 valence electrons. The Kier molecular flexibility index (Phi) is 6.10. The van der Waals surface area contributed by atoms with E-state index < -0.39 is 5.76 Å². The van der Waals surface area contributed by atoms with Gasteiger partial charge in [-0.15, -0.1) is 0 Å². The van der Waals surface area contributed by atoms with E-state index >= 15 is 0 Å². The highest BCUT2D eigenvalue weighted by molar-refractivity contribution is 6.30. The van der Waals surface area contributed by atoms with Crippen LogP contribution in [0, 0.1) is 5.92 Å². The first-order chi connectivity index (χ1) is 16.1. The number of hydrogen-bond donors (Lipinski definition) is 3. The molecule has 4 aromatic rings. The summed E-state index contributed by atoms with van der Waals surface area (Å²) in [6.07, 6.45) is 6.03. The van der Waals surface area contributed by atoms with Crippen LogP contribution in [0.15, 0.2) is 33.6 Å². The predicted molar refractivity (Wildman–Crippen MR) is 124 cm³/mol. The number of benzene rings is 1. The average Bonchev–Trinajstić information content (AvgIpc) is 3.41. The minimum atomic E-state index is -0.689. The number of rotatable bonds is 7. The Morgan fingerprint density at radius 2 is 2.06 bits per heavy atom. The maximum atomic E-state index is 11.5. The van der Waals surface area contributed by atoms with Gasteiger partial charge in [0.2, 0.25) is 17.6 Å². The molecule has 0 atom stereocenters. The van der Waals surface area contributed by atoms with E-state index in [2.05, 4.69) is 29.5 Å². The van der Waals surface area contributed by atoms with E-state index in [-0.39, 0.29) is 18.3 Å². The molecule has 1 aliphatic carbocycles. The van der Waals surface area contributed by atoms with Gasteiger partial charge in [0.1, 0.15) is 11.2 Å². The van der Waals surface area contributed by atoms with Gasteiger partial charge in [-0.05, 0) is 30.9 Å². The lowest BCUT2D eigenvalue weighted by molar-refractivity contribution is 0.309. The van der Waals surface area contributed by atoms with Crippen molar-refractivity contribution in [2.24, 2.45) is 5.92 Å². The molecule has 1 aromatic carbocycles. The zero-order valence-corrected chi connectivity index (χ0v) is 18.7. The van der Waals surface area contributed by atoms with Crippen LogP contribution in [0.1, 0.15) is 32.1 Å². The van der Waals surface area contributed by atoms with Crippen molar-refractivity contribution >= 4 is 28.7 Å². The summed E-state index contributed by atoms with van der Waals surface area (Å²) in [5.41, 5.74) is 2.63. The lowest BCUT2D eigenvalue weighted by Crippen LogP contribution is -2.18. The third-order valence-corrected chi connectivity index (χ3v) is 6.15. The molecule has 3 heterocycles. The Labute approximate surface area is 194 Å². The summed E-state index contributed by atoms with van der Waals surface area (Å²) >= 11 is 6.29. The first-order valence-electron chi connectivity index (χ1n) is 11.1. The van der Waals surface area contributed by atoms with E-state index in [0.29, 0.717) is 34.8 Å². The molecule has 0 bridgehead atoms. The third-order valence-electron chi connectivity index (χ3n) is 5.91. The summed E-state index contributed by atoms with van der Waals surface area (Å²) in [5.74, 6) is 0.764. The number of halogens is 1. The van der Waals surface area contributed by atoms with Crippen molar-refractivity contribution in [2.45, 2.75) is 38.6 Å². The summed E-state index contributed by atoms with van der Waals surface area (Å²) in [6.45, 7) is 1.10. The van der Waals surface area contributed by atoms with Crippen LogP contribution in [-0.4, -0.2) is 47.9 Å². The molecule has 11 heteroatoms. The van der Waals surface area contributed by atoms with Crippen molar-refractivity contribution < 1.29 is 9.63 Å². The lowest BCUT2D eigenvalue weighted by atomic mass is 9.89. The number of H-pyrrole nitrogens is 1. The van der Waals surface area contributed by atoms with Gasteiger partial charge in [0, 0.05) is 23.7 Å². The number of hydrogen-bond acceptors (Lipinski definition) is 8. The van der Waals surface area contributed by atoms with Gasteiger partial charge in [-0.1, -0.05) is 48.2 Å². The van der Waals surface area contributed by atoms with Crippen LogP contribution in [0.3, 0.4) is 0 Å². The van der Waals surface area contributed by atoms with Crippen LogP contribution in [-0.2, 0) is 6.54 Å². The quantitative estimate of drug-likeness (QED) is 0.374. The van der Waals surface area contributed by atoms with Crippen molar-refractivity contribution in [3.05, 3.63) is 39.8 Å². The SMILES string of the molecule is O=c1[nH]c(-c2nc(-c3cccc(Cl)c3)c3c(n2)nc(NCCO)n3CC2CCCCC2)no1. The number of nitrogens with one attached hydrogen (secondary N) is 2. The van der Waals surface area contributed by atoms with Gasteiger partial charge in [-0.25, -0.2) is 14.8 Å². The van der Waals surface area contributed by atoms with Crippen molar-refractivity contribution in [3.8, 4) is 22.9 Å². The highest BCUT2D eigenvalue weighted by Crippen LogP contribution is 2.34. The number of imidazole rings is 1. The van der Waals surface area contributed by atoms with E-state index in [1.807, 2.05) is 18.2 Å². The van der Waals surface area contributed by atoms with Crippen LogP contribution in [0.4, 0.5) is 5.95 Å². The number of fused-ring (bicyclic) bond motifs is 1. The highest BCUT2D eigenvalue weighted by atomic mass is 35.5. The van der Waals surface area contributed by atoms with Crippen LogP contribution in [0.2, 0.25) is 5.02 Å². The highest BCUT2D eigenvalue weighted by Gasteiger charge is 2.24. The smallest absolute Gasteiger partial charge is 0.395 e. The Morgan fingerprint density at radius 3 is 2.79 bits per heavy atom. The molecule has 33 heavy (non-hydrogen) atoms. The maximum Gasteiger partial charge on any atom is 0.439 e. The molecular formula is C22H24ClN7O3. The molecule has 0 spiro atoms. The van der Waals surface area contributed by atoms with Gasteiger partial charge < -0.3 is 15.0 Å². The van der Waals surface area contributed by atoms with Gasteiger partial charge >= 0.3 is 5.76 Å². The average molecular weight is 470 g/mol. The third kappa shape index (κ3) is 4.49. The number of aromatic amines is 1. The number of anilines is 1. The van der Waals surface area contributed by atoms with Crippen LogP contribution >= 0.6 is 11.6 Å². The van der Waals surface area contributed by atoms with E-state index in [1.54, 1.807) is 6.07 Å². The molecule has 3 N–H and O–H groups in total. The minimum absolute atomic E-state index is 0.0229. The van der Waals surface area contributed by atoms with Crippen molar-refractivity contribution in [2.75, 3.05) is 18.5 Å². The topological polar surface area (TPSA) is 135 Å². The molecule has 0 saturated heterocycles. The van der Waals surface area contributed by atoms with E-state index in [9.17, 15) is 9.90 Å². The minimum Gasteiger partial charge on any atom is -0.395 e. The largest absolute Gasteiger partial charge is 0.439 e. The second-order valence-corrected chi connectivity index (χ2v) is 8.66. The van der Waals surface area contributed by atoms with Crippen LogP contribution in [0.25, 0.3) is 34.1 Å². The molecule has 0 amide bonds. The zero-order chi connectivity index (χ0) is 22.8. The van der Waals surface area contributed by atoms with Gasteiger partial charge in [0.05, 0.1) is 6.61 Å². The molecule has 5 rings (SSSR count). The van der Waals surface area contributed by atoms with E-state index in [0.717, 1.165) is 30.5 Å². The molecule has 3 aromatic heterocycles. The van der Waals surface area contributed by atoms with E-state index in [4.69, 9.17) is 21.6 Å². The fraction of sp³-hybridized carbons (Fsp3) is 0.409. The van der Waals surface area contributed by atoms with Crippen LogP contribution in [0.5, 0.6) is 0 Å². The van der Waals surface area contributed by atoms with Gasteiger partial charge in [-0.2, -0.15) is 4.98 Å². The molecule has 1 aliphatic rings. The van der Waals surface area contributed by atoms with Crippen LogP contribution < -0.4 is 11.1 Å². The van der Waals surface area contributed by atoms with Gasteiger partial charge in [0.25, 0.3) is 0 Å². The Bertz CT molecular complexity index is 1320. The molecule has 1 saturated carbocycles. The fourth-order valence-corrected chi connectivity index (χ4v) is 4.60. The monoisotopic (exact) mass is 469 g/mol. The number of nitrogens with zero attached hydrogens (tertiary/aromatic N) is 5. The number of aromatic nitrogens is 6. The maximum absolute atomic E-state index is 11.5. The lowest BCUT2D eigenvalue weighted by Gasteiger charge is -2.23. The van der Waals surface area contributed by atoms with Crippen molar-refractivity contribution in [1.82, 2.24) is 29.7 Å². The second-order valence-electron chi connectivity index (χ2n) is 8.22. The zero-order valence-electron chi connectivity index (χ0n) is 17.9. The standard InChI is InChI=1S/C22H24ClN7O3/c23-15-8-4-7-14(11-15)16-17-18(26-19(25-16)20-28-22(32)33-29-20)27-21(24-9-10-31)30(17)12-13-5-2-1-3-6-13/h4,7-8,11,13,31H,1-3,5-6,9-10,12H2,(H,28,29,32)(H,24,25,26,27). The Hall–Kier alpha value is -3.24. The normalized spacial score (nSPS) is 14.7. The number of aliphatic hydroxyl groups is 1. The fourth-order valence-electron chi connectivity index (χ4n) is 4.41. The summed E-state index contributed by atoms with van der Waals surface area (Å²) < 4.78 is 6.75. The summed E-state index contributed by atoms with van der Waals surface area (Å²) in [5, 5.41) is 16.9. The second kappa shape index (κ2) is 9.32. The summed E-state index contributed by atoms with van der Waals surface area (Å²) in [4.78, 5) is 28.1. The number of aliphatic hydroxyl groups excluding tert-OH is 1. The molecular weight excluding hydrogens is 446 g/mol. The molecule has 0 unspecified atom stereocenters. The molecule has 0 radical (unpaired) electrons. The van der Waals surface area contributed by atoms with Gasteiger partial charge in [0.15, 0.2) is 5.65 Å². The summed E-state index contributed by atoms with van der Waals surface area (Å²) in [7, 11) is 0.